The molecule has 0 amide bonds. The molecule has 3 rings (SSSR count). The summed E-state index contributed by atoms with van der Waals surface area (Å²) in [5.41, 5.74) is 6.08. The average Bonchev–Trinajstić information content (AvgIpc) is 3.18. The van der Waals surface area contributed by atoms with Gasteiger partial charge in [-0.15, -0.1) is 11.8 Å². The number of nitrogen functional groups attached to an aromatic ring is 1. The zero-order valence-corrected chi connectivity index (χ0v) is 22.3. The minimum Gasteiger partial charge on any atom is -0.414 e. The fraction of sp³-hybridized carbons (Fsp3) is 0.684. The molecule has 0 spiro atoms. The van der Waals surface area contributed by atoms with Crippen LogP contribution in [0.4, 0.5) is 5.95 Å². The number of nitrogens with two attached hydrogens (primary N) is 1. The summed E-state index contributed by atoms with van der Waals surface area (Å²) < 4.78 is 21.6. The van der Waals surface area contributed by atoms with E-state index in [0.29, 0.717) is 30.0 Å². The van der Waals surface area contributed by atoms with Gasteiger partial charge in [-0.1, -0.05) is 20.8 Å². The first kappa shape index (κ1) is 24.0. The quantitative estimate of drug-likeness (QED) is 0.297. The van der Waals surface area contributed by atoms with Crippen molar-refractivity contribution in [3.8, 4) is 0 Å². The summed E-state index contributed by atoms with van der Waals surface area (Å²) in [6, 6.07) is 0. The van der Waals surface area contributed by atoms with E-state index in [4.69, 9.17) is 19.6 Å². The molecule has 0 saturated carbocycles. The number of halogens is 1. The first-order valence-electron chi connectivity index (χ1n) is 9.90. The monoisotopic (exact) mass is 566 g/mol. The zero-order valence-electron chi connectivity index (χ0n) is 18.3. The molecular formula is C19H31IN4O4SSi. The molecule has 0 aliphatic carbocycles. The lowest BCUT2D eigenvalue weighted by molar-refractivity contribution is -0.0506. The molecular weight excluding hydrogens is 535 g/mol. The Morgan fingerprint density at radius 2 is 2.17 bits per heavy atom. The van der Waals surface area contributed by atoms with Gasteiger partial charge in [-0.05, 0) is 47.0 Å². The van der Waals surface area contributed by atoms with Crippen molar-refractivity contribution in [2.45, 2.75) is 63.8 Å². The van der Waals surface area contributed by atoms with Crippen molar-refractivity contribution in [2.75, 3.05) is 24.5 Å². The minimum atomic E-state index is -1.91. The van der Waals surface area contributed by atoms with Crippen LogP contribution in [0.25, 0.3) is 11.0 Å². The normalized spacial score (nSPS) is 22.8. The van der Waals surface area contributed by atoms with Crippen LogP contribution in [0.1, 0.15) is 33.4 Å². The lowest BCUT2D eigenvalue weighted by Crippen LogP contribution is -2.44. The number of rotatable bonds is 7. The third-order valence-corrected chi connectivity index (χ3v) is 11.7. The fourth-order valence-electron chi connectivity index (χ4n) is 3.21. The lowest BCUT2D eigenvalue weighted by Gasteiger charge is -2.37. The summed E-state index contributed by atoms with van der Waals surface area (Å²) in [4.78, 5) is 19.3. The highest BCUT2D eigenvalue weighted by Gasteiger charge is 2.42. The molecule has 30 heavy (non-hydrogen) atoms. The van der Waals surface area contributed by atoms with Crippen LogP contribution in [0.3, 0.4) is 0 Å². The second-order valence-electron chi connectivity index (χ2n) is 9.08. The Balaban J connectivity index is 1.86. The van der Waals surface area contributed by atoms with Gasteiger partial charge < -0.3 is 24.2 Å². The molecule has 0 aromatic carbocycles. The predicted molar refractivity (Wildman–Crippen MR) is 132 cm³/mol. The van der Waals surface area contributed by atoms with Crippen molar-refractivity contribution in [3.63, 3.8) is 0 Å². The zero-order chi connectivity index (χ0) is 22.3. The molecule has 1 aliphatic heterocycles. The summed E-state index contributed by atoms with van der Waals surface area (Å²) in [7, 11) is -1.91. The van der Waals surface area contributed by atoms with Gasteiger partial charge in [-0.2, -0.15) is 4.98 Å². The van der Waals surface area contributed by atoms with Crippen molar-refractivity contribution in [1.29, 1.82) is 0 Å². The van der Waals surface area contributed by atoms with Crippen LogP contribution in [0.5, 0.6) is 0 Å². The van der Waals surface area contributed by atoms with Crippen molar-refractivity contribution >= 4 is 59.7 Å². The molecule has 3 N–H and O–H groups in total. The highest BCUT2D eigenvalue weighted by Crippen LogP contribution is 2.39. The molecule has 0 radical (unpaired) electrons. The van der Waals surface area contributed by atoms with Gasteiger partial charge in [0, 0.05) is 16.2 Å². The third kappa shape index (κ3) is 4.90. The van der Waals surface area contributed by atoms with Gasteiger partial charge in [0.2, 0.25) is 5.95 Å². The number of thioether (sulfide) groups is 1. The Morgan fingerprint density at radius 1 is 1.47 bits per heavy atom. The molecule has 1 aliphatic rings. The summed E-state index contributed by atoms with van der Waals surface area (Å²) in [5.74, 6) is 0.681. The first-order valence-corrected chi connectivity index (χ1v) is 15.3. The van der Waals surface area contributed by atoms with Crippen molar-refractivity contribution < 1.29 is 13.9 Å². The van der Waals surface area contributed by atoms with E-state index < -0.39 is 8.32 Å². The molecule has 2 aromatic rings. The lowest BCUT2D eigenvalue weighted by atomic mass is 10.2. The number of H-pyrrole nitrogens is 1. The molecule has 1 fully saturated rings. The Labute approximate surface area is 195 Å². The predicted octanol–water partition coefficient (Wildman–Crippen LogP) is 3.93. The van der Waals surface area contributed by atoms with E-state index in [-0.39, 0.29) is 35.0 Å². The maximum Gasteiger partial charge on any atom is 0.262 e. The van der Waals surface area contributed by atoms with Gasteiger partial charge in [-0.25, -0.2) is 0 Å². The smallest absolute Gasteiger partial charge is 0.262 e. The number of hydrogen-bond donors (Lipinski definition) is 2. The molecule has 1 saturated heterocycles. The van der Waals surface area contributed by atoms with Gasteiger partial charge in [-0.3, -0.25) is 9.78 Å². The summed E-state index contributed by atoms with van der Waals surface area (Å²) in [5, 5.41) is 0.645. The number of aromatic amines is 1. The fourth-order valence-corrected chi connectivity index (χ4v) is 5.32. The topological polar surface area (TPSA) is 104 Å². The van der Waals surface area contributed by atoms with Gasteiger partial charge in [0.25, 0.3) is 5.56 Å². The molecule has 0 unspecified atom stereocenters. The maximum absolute atomic E-state index is 12.3. The van der Waals surface area contributed by atoms with Crippen LogP contribution in [0.2, 0.25) is 18.1 Å². The SMILES string of the molecule is CSCO[C@H]1C[C@H](n2cc(I)c3c(=O)[nH]c(N)nc32)O[C@@H]1CO[Si](C)(C)C(C)(C)C. The van der Waals surface area contributed by atoms with E-state index in [2.05, 4.69) is 66.4 Å². The Bertz CT molecular complexity index is 958. The Morgan fingerprint density at radius 3 is 2.80 bits per heavy atom. The summed E-state index contributed by atoms with van der Waals surface area (Å²) in [6.07, 6.45) is 3.97. The molecule has 2 aromatic heterocycles. The number of nitrogens with one attached hydrogen (secondary N) is 1. The Hall–Kier alpha value is -0.603. The van der Waals surface area contributed by atoms with Gasteiger partial charge in [0.15, 0.2) is 14.0 Å². The van der Waals surface area contributed by atoms with E-state index in [1.165, 1.54) is 0 Å². The second kappa shape index (κ2) is 9.10. The van der Waals surface area contributed by atoms with Crippen LogP contribution < -0.4 is 11.3 Å². The maximum atomic E-state index is 12.3. The Kier molecular flexibility index (Phi) is 7.29. The van der Waals surface area contributed by atoms with E-state index >= 15 is 0 Å². The number of ether oxygens (including phenoxy) is 2. The van der Waals surface area contributed by atoms with Crippen molar-refractivity contribution in [1.82, 2.24) is 14.5 Å². The molecule has 0 bridgehead atoms. The number of hydrogen-bond acceptors (Lipinski definition) is 7. The molecule has 3 heterocycles. The highest BCUT2D eigenvalue weighted by atomic mass is 127. The number of anilines is 1. The highest BCUT2D eigenvalue weighted by molar-refractivity contribution is 14.1. The first-order chi connectivity index (χ1) is 13.9. The third-order valence-electron chi connectivity index (χ3n) is 5.96. The van der Waals surface area contributed by atoms with Crippen LogP contribution in [0, 0.1) is 3.57 Å². The van der Waals surface area contributed by atoms with Gasteiger partial charge in [0.05, 0.1) is 24.0 Å². The molecule has 8 nitrogen and oxygen atoms in total. The van der Waals surface area contributed by atoms with Crippen LogP contribution in [0.15, 0.2) is 11.0 Å². The molecule has 3 atom stereocenters. The van der Waals surface area contributed by atoms with E-state index in [0.717, 1.165) is 3.57 Å². The van der Waals surface area contributed by atoms with Gasteiger partial charge in [0.1, 0.15) is 12.3 Å². The average molecular weight is 567 g/mol. The van der Waals surface area contributed by atoms with E-state index in [9.17, 15) is 4.79 Å². The minimum absolute atomic E-state index is 0.0919. The second-order valence-corrected chi connectivity index (χ2v) is 15.9. The van der Waals surface area contributed by atoms with E-state index in [1.807, 2.05) is 17.0 Å². The summed E-state index contributed by atoms with van der Waals surface area (Å²) in [6.45, 7) is 11.6. The number of nitrogens with zero attached hydrogens (tertiary/aromatic N) is 2. The van der Waals surface area contributed by atoms with Gasteiger partial charge >= 0.3 is 0 Å². The molecule has 168 valence electrons. The molecule has 11 heteroatoms. The van der Waals surface area contributed by atoms with Crippen LogP contribution in [-0.2, 0) is 13.9 Å². The van der Waals surface area contributed by atoms with Crippen LogP contribution in [-0.4, -0.2) is 53.9 Å². The van der Waals surface area contributed by atoms with Crippen molar-refractivity contribution in [3.05, 3.63) is 20.1 Å². The largest absolute Gasteiger partial charge is 0.414 e. The number of fused-ring (bicyclic) bond motifs is 1. The van der Waals surface area contributed by atoms with Crippen LogP contribution >= 0.6 is 34.4 Å². The van der Waals surface area contributed by atoms with E-state index in [1.54, 1.807) is 11.8 Å². The standard InChI is InChI=1S/C19H31IN4O4SSi/c1-19(2,3)30(5,6)27-9-13-12(26-10-29-4)7-14(28-13)24-8-11(20)15-16(24)22-18(21)23-17(15)25/h8,12-14H,7,9-10H2,1-6H3,(H3,21,22,23,25)/t12-,13+,14+/m0/s1. The number of aromatic nitrogens is 3. The summed E-state index contributed by atoms with van der Waals surface area (Å²) >= 11 is 3.77. The van der Waals surface area contributed by atoms with Crippen molar-refractivity contribution in [2.24, 2.45) is 0 Å².